The minimum absolute atomic E-state index is 0.00670. The molecule has 0 saturated heterocycles. The number of amides is 1. The molecule has 63 heavy (non-hydrogen) atoms. The van der Waals surface area contributed by atoms with Gasteiger partial charge in [-0.2, -0.15) is 0 Å². The summed E-state index contributed by atoms with van der Waals surface area (Å²) in [5.74, 6) is 0.263. The molecule has 1 N–H and O–H groups in total. The van der Waals surface area contributed by atoms with E-state index in [2.05, 4.69) is 48.5 Å². The van der Waals surface area contributed by atoms with Crippen molar-refractivity contribution < 1.29 is 38.5 Å². The van der Waals surface area contributed by atoms with E-state index in [1.165, 1.54) is 0 Å². The van der Waals surface area contributed by atoms with Gasteiger partial charge in [-0.15, -0.1) is 0 Å². The monoisotopic (exact) mass is 894 g/mol. The van der Waals surface area contributed by atoms with Gasteiger partial charge >= 0.3 is 18.0 Å². The summed E-state index contributed by atoms with van der Waals surface area (Å²) in [5.41, 5.74) is -0.641. The summed E-state index contributed by atoms with van der Waals surface area (Å²) in [4.78, 5) is 56.5. The number of esters is 2. The molecule has 352 valence electrons. The summed E-state index contributed by atoms with van der Waals surface area (Å²) in [6.45, 7) is 31.2. The zero-order valence-corrected chi connectivity index (χ0v) is 42.1. The third kappa shape index (κ3) is 9.02. The number of ether oxygens (including phenoxy) is 3. The molecule has 1 amide bonds. The molecule has 5 aliphatic rings. The van der Waals surface area contributed by atoms with Crippen LogP contribution >= 0.6 is 11.6 Å². The second-order valence-electron chi connectivity index (χ2n) is 24.8. The normalized spacial score (nSPS) is 33.4. The van der Waals surface area contributed by atoms with Gasteiger partial charge in [-0.25, -0.2) is 4.79 Å². The van der Waals surface area contributed by atoms with Crippen molar-refractivity contribution in [1.29, 1.82) is 0 Å². The largest absolute Gasteiger partial charge is 0.462 e. The molecule has 9 unspecified atom stereocenters. The first-order chi connectivity index (χ1) is 28.8. The van der Waals surface area contributed by atoms with Crippen LogP contribution in [0.15, 0.2) is 35.4 Å². The van der Waals surface area contributed by atoms with E-state index in [1.807, 2.05) is 53.7 Å². The van der Waals surface area contributed by atoms with Crippen molar-refractivity contribution in [1.82, 2.24) is 4.90 Å². The van der Waals surface area contributed by atoms with E-state index < -0.39 is 40.2 Å². The topological polar surface area (TPSA) is 119 Å². The molecule has 0 spiro atoms. The minimum Gasteiger partial charge on any atom is -0.462 e. The second kappa shape index (κ2) is 16.8. The Morgan fingerprint density at radius 1 is 0.810 bits per heavy atom. The Bertz CT molecular complexity index is 1970. The highest BCUT2D eigenvalue weighted by molar-refractivity contribution is 6.30. The number of halogens is 1. The Hall–Kier alpha value is -2.91. The lowest BCUT2D eigenvalue weighted by Crippen LogP contribution is -2.66. The lowest BCUT2D eigenvalue weighted by Gasteiger charge is -2.72. The van der Waals surface area contributed by atoms with Crippen molar-refractivity contribution in [2.24, 2.45) is 56.2 Å². The van der Waals surface area contributed by atoms with E-state index >= 15 is 0 Å². The Morgan fingerprint density at radius 3 is 2.02 bits per heavy atom. The van der Waals surface area contributed by atoms with Crippen LogP contribution in [-0.4, -0.2) is 63.8 Å². The van der Waals surface area contributed by atoms with E-state index in [0.29, 0.717) is 23.3 Å². The van der Waals surface area contributed by atoms with Gasteiger partial charge in [-0.1, -0.05) is 77.8 Å². The summed E-state index contributed by atoms with van der Waals surface area (Å²) in [6, 6.07) is 7.39. The maximum atomic E-state index is 14.4. The van der Waals surface area contributed by atoms with Gasteiger partial charge < -0.3 is 24.2 Å². The van der Waals surface area contributed by atoms with Gasteiger partial charge in [0.1, 0.15) is 17.3 Å². The Morgan fingerprint density at radius 2 is 1.43 bits per heavy atom. The summed E-state index contributed by atoms with van der Waals surface area (Å²) in [6.07, 6.45) is 5.76. The first-order valence-electron chi connectivity index (χ1n) is 23.9. The quantitative estimate of drug-likeness (QED) is 0.182. The predicted molar refractivity (Wildman–Crippen MR) is 248 cm³/mol. The van der Waals surface area contributed by atoms with E-state index in [-0.39, 0.29) is 77.3 Å². The zero-order chi connectivity index (χ0) is 47.1. The van der Waals surface area contributed by atoms with Crippen molar-refractivity contribution in [3.63, 3.8) is 0 Å². The number of nitrogens with zero attached hydrogens (tertiary/aromatic N) is 1. The highest BCUT2D eigenvalue weighted by Crippen LogP contribution is 2.77. The van der Waals surface area contributed by atoms with Crippen molar-refractivity contribution >= 4 is 35.4 Å². The number of rotatable bonds is 10. The number of allylic oxidation sites excluding steroid dienone is 1. The van der Waals surface area contributed by atoms with Gasteiger partial charge in [-0.3, -0.25) is 14.4 Å². The SMILES string of the molecule is CC(C)C1=C2C3CCC4C5(C)CCC(OC(=O)CC(C)(C)C(=O)OC(C)(C)C)C(C)(C)C5CCC4(C)C3(C)CCC2(C(O)CN(Cc2ccc(Cl)cc2)C(=O)OC(C)(C)C)CC1=O. The number of aliphatic hydroxyl groups excluding tert-OH is 1. The van der Waals surface area contributed by atoms with Crippen LogP contribution in [0, 0.1) is 56.2 Å². The number of Topliss-reactive ketones (excluding diaryl/α,β-unsaturated/α-hetero) is 1. The number of carbonyl (C=O) groups excluding carboxylic acids is 4. The minimum atomic E-state index is -1.00. The van der Waals surface area contributed by atoms with Crippen LogP contribution in [0.1, 0.15) is 174 Å². The van der Waals surface area contributed by atoms with Crippen LogP contribution in [0.25, 0.3) is 0 Å². The molecule has 0 aromatic heterocycles. The van der Waals surface area contributed by atoms with Gasteiger partial charge in [0.25, 0.3) is 0 Å². The molecule has 9 atom stereocenters. The van der Waals surface area contributed by atoms with Crippen molar-refractivity contribution in [2.75, 3.05) is 6.54 Å². The molecule has 4 saturated carbocycles. The molecule has 0 radical (unpaired) electrons. The van der Waals surface area contributed by atoms with Gasteiger partial charge in [0.05, 0.1) is 24.5 Å². The van der Waals surface area contributed by atoms with Gasteiger partial charge in [0.2, 0.25) is 0 Å². The maximum Gasteiger partial charge on any atom is 0.410 e. The maximum absolute atomic E-state index is 14.4. The molecular formula is C53H80ClNO8. The van der Waals surface area contributed by atoms with E-state index in [9.17, 15) is 24.3 Å². The number of ketones is 1. The molecule has 1 aromatic carbocycles. The van der Waals surface area contributed by atoms with Crippen LogP contribution in [0.3, 0.4) is 0 Å². The number of aliphatic hydroxyl groups is 1. The Kier molecular flexibility index (Phi) is 13.2. The number of benzene rings is 1. The Labute approximate surface area is 384 Å². The van der Waals surface area contributed by atoms with Gasteiger partial charge in [0, 0.05) is 28.8 Å². The van der Waals surface area contributed by atoms with Crippen LogP contribution in [-0.2, 0) is 35.1 Å². The second-order valence-corrected chi connectivity index (χ2v) is 25.2. The molecule has 0 heterocycles. The first-order valence-corrected chi connectivity index (χ1v) is 24.3. The molecule has 0 aliphatic heterocycles. The summed E-state index contributed by atoms with van der Waals surface area (Å²) in [7, 11) is 0. The molecular weight excluding hydrogens is 814 g/mol. The number of hydrogen-bond acceptors (Lipinski definition) is 8. The first kappa shape index (κ1) is 49.5. The lowest BCUT2D eigenvalue weighted by molar-refractivity contribution is -0.235. The lowest BCUT2D eigenvalue weighted by atomic mass is 9.33. The average molecular weight is 895 g/mol. The summed E-state index contributed by atoms with van der Waals surface area (Å²) in [5, 5.41) is 13.3. The molecule has 1 aromatic rings. The molecule has 10 heteroatoms. The molecule has 6 rings (SSSR count). The molecule has 4 fully saturated rings. The van der Waals surface area contributed by atoms with Crippen LogP contribution in [0.2, 0.25) is 5.02 Å². The highest BCUT2D eigenvalue weighted by Gasteiger charge is 2.71. The van der Waals surface area contributed by atoms with Crippen LogP contribution < -0.4 is 0 Å². The highest BCUT2D eigenvalue weighted by atomic mass is 35.5. The standard InChI is InChI=1S/C53H80ClNO8/c1-32(2)42-36(56)28-53(39(57)31-55(45(60)63-47(6,7)8)30-33-16-18-34(54)19-17-33)27-26-51(14)35(43(42)53)20-21-38-50(13)24-23-40(49(11,12)37(50)22-25-52(38,51)15)61-41(58)29-48(9,10)44(59)62-46(3,4)5/h16-19,32,35,37-40,57H,20-31H2,1-15H3. The van der Waals surface area contributed by atoms with Crippen molar-refractivity contribution in [2.45, 2.75) is 198 Å². The molecule has 0 bridgehead atoms. The van der Waals surface area contributed by atoms with Crippen LogP contribution in [0.5, 0.6) is 0 Å². The van der Waals surface area contributed by atoms with E-state index in [0.717, 1.165) is 61.7 Å². The third-order valence-corrected chi connectivity index (χ3v) is 17.5. The fourth-order valence-corrected chi connectivity index (χ4v) is 14.2. The van der Waals surface area contributed by atoms with Gasteiger partial charge in [0.15, 0.2) is 5.78 Å². The van der Waals surface area contributed by atoms with E-state index in [4.69, 9.17) is 25.8 Å². The number of hydrogen-bond donors (Lipinski definition) is 1. The average Bonchev–Trinajstić information content (AvgIpc) is 3.45. The predicted octanol–water partition coefficient (Wildman–Crippen LogP) is 12.1. The molecule has 5 aliphatic carbocycles. The number of carbonyl (C=O) groups is 4. The van der Waals surface area contributed by atoms with E-state index in [1.54, 1.807) is 30.9 Å². The fraction of sp³-hybridized carbons (Fsp3) is 0.774. The third-order valence-electron chi connectivity index (χ3n) is 17.2. The zero-order valence-electron chi connectivity index (χ0n) is 41.4. The van der Waals surface area contributed by atoms with Gasteiger partial charge in [-0.05, 0) is 170 Å². The number of fused-ring (bicyclic) bond motifs is 7. The van der Waals surface area contributed by atoms with Crippen molar-refractivity contribution in [3.05, 3.63) is 46.0 Å². The summed E-state index contributed by atoms with van der Waals surface area (Å²) < 4.78 is 17.9. The fourth-order valence-electron chi connectivity index (χ4n) is 14.0. The Balaban J connectivity index is 1.27. The van der Waals surface area contributed by atoms with Crippen molar-refractivity contribution in [3.8, 4) is 0 Å². The smallest absolute Gasteiger partial charge is 0.410 e. The summed E-state index contributed by atoms with van der Waals surface area (Å²) >= 11 is 6.22. The van der Waals surface area contributed by atoms with Crippen LogP contribution in [0.4, 0.5) is 4.79 Å². The molecule has 9 nitrogen and oxygen atoms in total.